The number of unbranched alkanes of at least 4 members (excludes halogenated alkanes) is 1. The first-order valence-electron chi connectivity index (χ1n) is 13.7. The SMILES string of the molecule is CCCCc1cc2ccccc2c(OCC[N+](C)(C)[C@@]2(C(F)c3ccc(OC)nc3)CCOC(C(N)=O)[C@@H]2O)n1. The summed E-state index contributed by atoms with van der Waals surface area (Å²) in [5.41, 5.74) is 5.30. The Kier molecular flexibility index (Phi) is 9.22. The van der Waals surface area contributed by atoms with Crippen LogP contribution in [-0.4, -0.2) is 84.2 Å². The number of aliphatic hydroxyl groups excluding tert-OH is 1. The number of pyridine rings is 2. The summed E-state index contributed by atoms with van der Waals surface area (Å²) in [7, 11) is 5.12. The number of hydrogen-bond acceptors (Lipinski definition) is 7. The molecule has 216 valence electrons. The summed E-state index contributed by atoms with van der Waals surface area (Å²) in [6.07, 6.45) is -0.0890. The number of aliphatic hydroxyl groups is 1. The molecule has 1 saturated heterocycles. The fourth-order valence-corrected chi connectivity index (χ4v) is 5.68. The number of aryl methyl sites for hydroxylation is 1. The Labute approximate surface area is 234 Å². The number of benzene rings is 1. The summed E-state index contributed by atoms with van der Waals surface area (Å²) in [5, 5.41) is 13.5. The second-order valence-corrected chi connectivity index (χ2v) is 10.9. The van der Waals surface area contributed by atoms with Crippen LogP contribution in [-0.2, 0) is 16.0 Å². The summed E-state index contributed by atoms with van der Waals surface area (Å²) in [5.74, 6) is 0.0278. The fourth-order valence-electron chi connectivity index (χ4n) is 5.68. The van der Waals surface area contributed by atoms with Gasteiger partial charge in [-0.2, -0.15) is 0 Å². The van der Waals surface area contributed by atoms with Crippen molar-refractivity contribution in [3.8, 4) is 11.8 Å². The predicted octanol–water partition coefficient (Wildman–Crippen LogP) is 3.52. The number of hydrogen-bond donors (Lipinski definition) is 2. The molecule has 3 aromatic rings. The molecule has 9 nitrogen and oxygen atoms in total. The van der Waals surface area contributed by atoms with Crippen LogP contribution in [0.3, 0.4) is 0 Å². The highest BCUT2D eigenvalue weighted by Gasteiger charge is 2.63. The van der Waals surface area contributed by atoms with E-state index in [0.717, 1.165) is 35.7 Å². The molecule has 4 rings (SSSR count). The zero-order valence-corrected chi connectivity index (χ0v) is 23.7. The highest BCUT2D eigenvalue weighted by atomic mass is 19.1. The molecule has 40 heavy (non-hydrogen) atoms. The van der Waals surface area contributed by atoms with Gasteiger partial charge in [-0.15, -0.1) is 0 Å². The molecule has 1 amide bonds. The van der Waals surface area contributed by atoms with E-state index in [1.807, 2.05) is 38.4 Å². The van der Waals surface area contributed by atoms with Crippen molar-refractivity contribution in [1.29, 1.82) is 0 Å². The van der Waals surface area contributed by atoms with Crippen LogP contribution in [0.15, 0.2) is 48.7 Å². The quantitative estimate of drug-likeness (QED) is 0.329. The third-order valence-corrected chi connectivity index (χ3v) is 8.14. The van der Waals surface area contributed by atoms with E-state index < -0.39 is 29.8 Å². The van der Waals surface area contributed by atoms with Crippen LogP contribution in [0.1, 0.15) is 43.6 Å². The monoisotopic (exact) mass is 555 g/mol. The van der Waals surface area contributed by atoms with Crippen LogP contribution < -0.4 is 15.2 Å². The smallest absolute Gasteiger partial charge is 0.249 e. The van der Waals surface area contributed by atoms with Gasteiger partial charge >= 0.3 is 0 Å². The van der Waals surface area contributed by atoms with Gasteiger partial charge in [0.15, 0.2) is 17.8 Å². The van der Waals surface area contributed by atoms with Crippen molar-refractivity contribution in [2.45, 2.75) is 56.5 Å². The maximum atomic E-state index is 16.7. The largest absolute Gasteiger partial charge is 0.481 e. The normalized spacial score (nSPS) is 22.1. The van der Waals surface area contributed by atoms with Crippen molar-refractivity contribution < 1.29 is 33.0 Å². The number of nitrogens with zero attached hydrogens (tertiary/aromatic N) is 3. The molecule has 3 heterocycles. The van der Waals surface area contributed by atoms with Crippen LogP contribution in [0, 0.1) is 0 Å². The Balaban J connectivity index is 1.64. The number of amides is 1. The fraction of sp³-hybridized carbons (Fsp3) is 0.500. The van der Waals surface area contributed by atoms with Gasteiger partial charge in [-0.1, -0.05) is 31.5 Å². The van der Waals surface area contributed by atoms with Gasteiger partial charge in [-0.25, -0.2) is 14.4 Å². The van der Waals surface area contributed by atoms with Crippen LogP contribution >= 0.6 is 0 Å². The number of carbonyl (C=O) groups is 1. The minimum Gasteiger partial charge on any atom is -0.481 e. The minimum absolute atomic E-state index is 0.0119. The van der Waals surface area contributed by atoms with Crippen molar-refractivity contribution in [3.63, 3.8) is 0 Å². The maximum absolute atomic E-state index is 16.7. The Hall–Kier alpha value is -3.34. The lowest BCUT2D eigenvalue weighted by Gasteiger charge is -2.55. The second kappa shape index (κ2) is 12.4. The second-order valence-electron chi connectivity index (χ2n) is 10.9. The third-order valence-electron chi connectivity index (χ3n) is 8.14. The average Bonchev–Trinajstić information content (AvgIpc) is 2.95. The Morgan fingerprint density at radius 1 is 1.30 bits per heavy atom. The average molecular weight is 556 g/mol. The summed E-state index contributed by atoms with van der Waals surface area (Å²) in [6.45, 7) is 2.71. The molecule has 1 fully saturated rings. The number of nitrogens with two attached hydrogens (primary N) is 1. The van der Waals surface area contributed by atoms with Gasteiger partial charge in [-0.05, 0) is 36.4 Å². The summed E-state index contributed by atoms with van der Waals surface area (Å²) < 4.78 is 33.6. The van der Waals surface area contributed by atoms with Crippen LogP contribution in [0.4, 0.5) is 4.39 Å². The topological polar surface area (TPSA) is 117 Å². The van der Waals surface area contributed by atoms with E-state index in [4.69, 9.17) is 24.9 Å². The first-order valence-corrected chi connectivity index (χ1v) is 13.7. The van der Waals surface area contributed by atoms with Crippen LogP contribution in [0.25, 0.3) is 10.8 Å². The number of ether oxygens (including phenoxy) is 3. The highest BCUT2D eigenvalue weighted by molar-refractivity contribution is 5.87. The zero-order chi connectivity index (χ0) is 28.9. The van der Waals surface area contributed by atoms with Crippen molar-refractivity contribution in [3.05, 3.63) is 59.9 Å². The number of halogens is 1. The Bertz CT molecular complexity index is 1310. The number of aromatic nitrogens is 2. The van der Waals surface area contributed by atoms with E-state index in [9.17, 15) is 9.90 Å². The molecular weight excluding hydrogens is 515 g/mol. The van der Waals surface area contributed by atoms with Gasteiger partial charge in [-0.3, -0.25) is 4.79 Å². The molecule has 2 unspecified atom stereocenters. The maximum Gasteiger partial charge on any atom is 0.249 e. The molecule has 0 spiro atoms. The number of fused-ring (bicyclic) bond motifs is 1. The molecule has 2 aromatic heterocycles. The molecule has 1 aromatic carbocycles. The van der Waals surface area contributed by atoms with Crippen molar-refractivity contribution in [2.75, 3.05) is 41.0 Å². The highest BCUT2D eigenvalue weighted by Crippen LogP contribution is 2.46. The number of methoxy groups -OCH3 is 1. The van der Waals surface area contributed by atoms with Gasteiger partial charge in [0, 0.05) is 35.3 Å². The molecule has 0 bridgehead atoms. The van der Waals surface area contributed by atoms with Gasteiger partial charge < -0.3 is 29.5 Å². The number of quaternary nitrogens is 1. The predicted molar refractivity (Wildman–Crippen MR) is 150 cm³/mol. The third kappa shape index (κ3) is 5.75. The minimum atomic E-state index is -1.70. The molecule has 0 aliphatic carbocycles. The lowest BCUT2D eigenvalue weighted by Crippen LogP contribution is -2.74. The molecule has 1 aliphatic heterocycles. The number of carbonyl (C=O) groups excluding carboxylic acids is 1. The lowest BCUT2D eigenvalue weighted by atomic mass is 9.74. The van der Waals surface area contributed by atoms with E-state index in [2.05, 4.69) is 18.0 Å². The van der Waals surface area contributed by atoms with Crippen LogP contribution in [0.5, 0.6) is 11.8 Å². The van der Waals surface area contributed by atoms with Crippen molar-refractivity contribution >= 4 is 16.7 Å². The number of primary amides is 1. The molecule has 10 heteroatoms. The van der Waals surface area contributed by atoms with Gasteiger partial charge in [0.1, 0.15) is 19.3 Å². The molecule has 3 N–H and O–H groups in total. The summed E-state index contributed by atoms with van der Waals surface area (Å²) in [6, 6.07) is 13.2. The number of likely N-dealkylation sites (N-methyl/N-ethyl adjacent to an activating group) is 1. The molecule has 0 saturated carbocycles. The number of rotatable bonds is 12. The standard InChI is InChI=1S/C30H39FN4O5/c1-5-6-10-22-18-20-9-7-8-11-23(20)29(34-22)40-17-15-35(2,3)30(14-16-39-25(27(30)36)28(32)37)26(31)21-12-13-24(38-4)33-19-21/h7-9,11-13,18-19,25-27,36H,5-6,10,14-17H2,1-4H3,(H-,32,37)/p+1/t25?,26?,27-,30+/m0/s1. The summed E-state index contributed by atoms with van der Waals surface area (Å²) >= 11 is 0. The first-order chi connectivity index (χ1) is 19.1. The van der Waals surface area contributed by atoms with Gasteiger partial charge in [0.05, 0.1) is 27.8 Å². The van der Waals surface area contributed by atoms with E-state index >= 15 is 4.39 Å². The zero-order valence-electron chi connectivity index (χ0n) is 23.7. The van der Waals surface area contributed by atoms with Gasteiger partial charge in [0.25, 0.3) is 0 Å². The lowest BCUT2D eigenvalue weighted by molar-refractivity contribution is -0.952. The van der Waals surface area contributed by atoms with E-state index in [-0.39, 0.29) is 29.7 Å². The van der Waals surface area contributed by atoms with E-state index in [0.29, 0.717) is 18.3 Å². The first kappa shape index (κ1) is 29.6. The molecule has 1 aliphatic rings. The molecular formula is C30H40FN4O5+. The van der Waals surface area contributed by atoms with Crippen LogP contribution in [0.2, 0.25) is 0 Å². The molecule has 0 radical (unpaired) electrons. The van der Waals surface area contributed by atoms with Crippen molar-refractivity contribution in [1.82, 2.24) is 9.97 Å². The van der Waals surface area contributed by atoms with E-state index in [1.165, 1.54) is 13.3 Å². The van der Waals surface area contributed by atoms with E-state index in [1.54, 1.807) is 12.1 Å². The number of alkyl halides is 1. The Morgan fingerprint density at radius 2 is 2.08 bits per heavy atom. The Morgan fingerprint density at radius 3 is 2.75 bits per heavy atom. The summed E-state index contributed by atoms with van der Waals surface area (Å²) in [4.78, 5) is 21.1. The van der Waals surface area contributed by atoms with Crippen molar-refractivity contribution in [2.24, 2.45) is 5.73 Å². The molecule has 4 atom stereocenters. The van der Waals surface area contributed by atoms with Gasteiger partial charge in [0.2, 0.25) is 17.7 Å².